The number of anilines is 1. The lowest BCUT2D eigenvalue weighted by Gasteiger charge is -2.25. The van der Waals surface area contributed by atoms with Crippen LogP contribution in [0, 0.1) is 0 Å². The molecule has 76 valence electrons. The Kier molecular flexibility index (Phi) is 3.08. The van der Waals surface area contributed by atoms with Gasteiger partial charge in [-0.05, 0) is 49.5 Å². The minimum atomic E-state index is 0.617. The molecule has 1 aliphatic heterocycles. The molecule has 0 saturated carbocycles. The number of benzene rings is 1. The maximum atomic E-state index is 6.00. The Morgan fingerprint density at radius 1 is 1.29 bits per heavy atom. The number of rotatable bonds is 1. The lowest BCUT2D eigenvalue weighted by atomic mass is 9.89. The van der Waals surface area contributed by atoms with E-state index in [0.29, 0.717) is 5.92 Å². The van der Waals surface area contributed by atoms with Crippen molar-refractivity contribution in [2.45, 2.75) is 18.8 Å². The quantitative estimate of drug-likeness (QED) is 0.756. The Bertz CT molecular complexity index is 299. The lowest BCUT2D eigenvalue weighted by molar-refractivity contribution is 0.460. The molecular weight excluding hydrogens is 240 g/mol. The molecular formula is C11H15BrN2. The Morgan fingerprint density at radius 3 is 2.64 bits per heavy atom. The van der Waals surface area contributed by atoms with Crippen LogP contribution in [0.4, 0.5) is 5.69 Å². The summed E-state index contributed by atoms with van der Waals surface area (Å²) in [7, 11) is 0. The molecule has 14 heavy (non-hydrogen) atoms. The van der Waals surface area contributed by atoms with Crippen molar-refractivity contribution >= 4 is 21.6 Å². The first-order valence-corrected chi connectivity index (χ1v) is 5.83. The zero-order valence-corrected chi connectivity index (χ0v) is 9.68. The molecule has 1 fully saturated rings. The molecule has 0 radical (unpaired) electrons. The molecule has 2 rings (SSSR count). The van der Waals surface area contributed by atoms with Crippen LogP contribution in [0.5, 0.6) is 0 Å². The molecule has 1 heterocycles. The van der Waals surface area contributed by atoms with Gasteiger partial charge in [-0.1, -0.05) is 22.0 Å². The van der Waals surface area contributed by atoms with Gasteiger partial charge in [0, 0.05) is 10.2 Å². The van der Waals surface area contributed by atoms with Crippen LogP contribution in [0.1, 0.15) is 24.3 Å². The molecule has 1 aliphatic rings. The molecule has 0 atom stereocenters. The first kappa shape index (κ1) is 9.99. The topological polar surface area (TPSA) is 38.0 Å². The summed E-state index contributed by atoms with van der Waals surface area (Å²) in [5.74, 6) is 0.617. The van der Waals surface area contributed by atoms with Crippen LogP contribution in [0.25, 0.3) is 0 Å². The Labute approximate surface area is 93.0 Å². The second-order valence-electron chi connectivity index (χ2n) is 3.77. The molecule has 1 saturated heterocycles. The standard InChI is InChI=1S/C11H15BrN2/c12-9-2-1-3-10(13)11(9)8-4-6-14-7-5-8/h1-3,8,14H,4-7,13H2. The number of hydrogen-bond acceptors (Lipinski definition) is 2. The number of nitrogens with two attached hydrogens (primary N) is 1. The molecule has 0 aromatic heterocycles. The number of nitrogens with one attached hydrogen (secondary N) is 1. The molecule has 0 spiro atoms. The zero-order valence-electron chi connectivity index (χ0n) is 8.09. The van der Waals surface area contributed by atoms with Gasteiger partial charge in [-0.25, -0.2) is 0 Å². The van der Waals surface area contributed by atoms with Crippen molar-refractivity contribution < 1.29 is 0 Å². The van der Waals surface area contributed by atoms with Crippen molar-refractivity contribution in [3.63, 3.8) is 0 Å². The predicted molar refractivity (Wildman–Crippen MR) is 63.4 cm³/mol. The van der Waals surface area contributed by atoms with Gasteiger partial charge in [-0.3, -0.25) is 0 Å². The SMILES string of the molecule is Nc1cccc(Br)c1C1CCNCC1. The van der Waals surface area contributed by atoms with Crippen molar-refractivity contribution in [2.75, 3.05) is 18.8 Å². The average molecular weight is 255 g/mol. The van der Waals surface area contributed by atoms with Gasteiger partial charge in [0.15, 0.2) is 0 Å². The molecule has 2 nitrogen and oxygen atoms in total. The highest BCUT2D eigenvalue weighted by atomic mass is 79.9. The van der Waals surface area contributed by atoms with Gasteiger partial charge in [-0.2, -0.15) is 0 Å². The van der Waals surface area contributed by atoms with Crippen molar-refractivity contribution in [2.24, 2.45) is 0 Å². The number of nitrogen functional groups attached to an aromatic ring is 1. The maximum Gasteiger partial charge on any atom is 0.0360 e. The van der Waals surface area contributed by atoms with E-state index in [1.54, 1.807) is 0 Å². The summed E-state index contributed by atoms with van der Waals surface area (Å²) in [4.78, 5) is 0. The molecule has 1 aromatic rings. The number of hydrogen-bond donors (Lipinski definition) is 2. The van der Waals surface area contributed by atoms with E-state index in [1.807, 2.05) is 12.1 Å². The third-order valence-electron chi connectivity index (χ3n) is 2.83. The number of piperidine rings is 1. The van der Waals surface area contributed by atoms with Crippen molar-refractivity contribution in [1.82, 2.24) is 5.32 Å². The lowest BCUT2D eigenvalue weighted by Crippen LogP contribution is -2.27. The van der Waals surface area contributed by atoms with E-state index in [-0.39, 0.29) is 0 Å². The fourth-order valence-corrected chi connectivity index (χ4v) is 2.80. The molecule has 0 amide bonds. The third-order valence-corrected chi connectivity index (χ3v) is 3.53. The second kappa shape index (κ2) is 4.32. The first-order chi connectivity index (χ1) is 6.79. The molecule has 3 N–H and O–H groups in total. The summed E-state index contributed by atoms with van der Waals surface area (Å²) in [6, 6.07) is 6.06. The highest BCUT2D eigenvalue weighted by Gasteiger charge is 2.19. The fraction of sp³-hybridized carbons (Fsp3) is 0.455. The normalized spacial score (nSPS) is 18.4. The molecule has 3 heteroatoms. The van der Waals surface area contributed by atoms with Crippen LogP contribution < -0.4 is 11.1 Å². The summed E-state index contributed by atoms with van der Waals surface area (Å²) >= 11 is 3.58. The highest BCUT2D eigenvalue weighted by Crippen LogP contribution is 2.35. The van der Waals surface area contributed by atoms with Crippen LogP contribution in [-0.2, 0) is 0 Å². The van der Waals surface area contributed by atoms with E-state index in [9.17, 15) is 0 Å². The predicted octanol–water partition coefficient (Wildman–Crippen LogP) is 2.50. The summed E-state index contributed by atoms with van der Waals surface area (Å²) < 4.78 is 1.16. The maximum absolute atomic E-state index is 6.00. The first-order valence-electron chi connectivity index (χ1n) is 5.03. The van der Waals surface area contributed by atoms with E-state index in [4.69, 9.17) is 5.73 Å². The van der Waals surface area contributed by atoms with Crippen LogP contribution >= 0.6 is 15.9 Å². The monoisotopic (exact) mass is 254 g/mol. The summed E-state index contributed by atoms with van der Waals surface area (Å²) in [5, 5.41) is 3.37. The van der Waals surface area contributed by atoms with Gasteiger partial charge in [0.05, 0.1) is 0 Å². The average Bonchev–Trinajstić information content (AvgIpc) is 2.19. The smallest absolute Gasteiger partial charge is 0.0360 e. The van der Waals surface area contributed by atoms with Crippen LogP contribution in [0.3, 0.4) is 0 Å². The molecule has 0 unspecified atom stereocenters. The van der Waals surface area contributed by atoms with E-state index in [0.717, 1.165) is 23.2 Å². The zero-order chi connectivity index (χ0) is 9.97. The molecule has 1 aromatic carbocycles. The van der Waals surface area contributed by atoms with Crippen molar-refractivity contribution in [1.29, 1.82) is 0 Å². The minimum Gasteiger partial charge on any atom is -0.398 e. The Hall–Kier alpha value is -0.540. The van der Waals surface area contributed by atoms with E-state index >= 15 is 0 Å². The van der Waals surface area contributed by atoms with Crippen LogP contribution in [-0.4, -0.2) is 13.1 Å². The van der Waals surface area contributed by atoms with Crippen LogP contribution in [0.15, 0.2) is 22.7 Å². The van der Waals surface area contributed by atoms with E-state index < -0.39 is 0 Å². The minimum absolute atomic E-state index is 0.617. The highest BCUT2D eigenvalue weighted by molar-refractivity contribution is 9.10. The van der Waals surface area contributed by atoms with Crippen molar-refractivity contribution in [3.05, 3.63) is 28.2 Å². The summed E-state index contributed by atoms with van der Waals surface area (Å²) in [6.45, 7) is 2.21. The largest absolute Gasteiger partial charge is 0.398 e. The Morgan fingerprint density at radius 2 is 2.00 bits per heavy atom. The third kappa shape index (κ3) is 1.93. The molecule has 0 bridgehead atoms. The van der Waals surface area contributed by atoms with Gasteiger partial charge < -0.3 is 11.1 Å². The second-order valence-corrected chi connectivity index (χ2v) is 4.62. The van der Waals surface area contributed by atoms with E-state index in [2.05, 4.69) is 27.3 Å². The van der Waals surface area contributed by atoms with Crippen molar-refractivity contribution in [3.8, 4) is 0 Å². The van der Waals surface area contributed by atoms with Gasteiger partial charge in [0.25, 0.3) is 0 Å². The summed E-state index contributed by atoms with van der Waals surface area (Å²) in [5.41, 5.74) is 8.22. The Balaban J connectivity index is 2.29. The molecule has 0 aliphatic carbocycles. The van der Waals surface area contributed by atoms with E-state index in [1.165, 1.54) is 18.4 Å². The van der Waals surface area contributed by atoms with Gasteiger partial charge in [0.1, 0.15) is 0 Å². The van der Waals surface area contributed by atoms with Gasteiger partial charge >= 0.3 is 0 Å². The van der Waals surface area contributed by atoms with Crippen LogP contribution in [0.2, 0.25) is 0 Å². The van der Waals surface area contributed by atoms with Gasteiger partial charge in [-0.15, -0.1) is 0 Å². The fourth-order valence-electron chi connectivity index (χ4n) is 2.10. The summed E-state index contributed by atoms with van der Waals surface area (Å²) in [6.07, 6.45) is 2.37. The number of halogens is 1. The van der Waals surface area contributed by atoms with Gasteiger partial charge in [0.2, 0.25) is 0 Å².